The van der Waals surface area contributed by atoms with Crippen LogP contribution in [0.2, 0.25) is 0 Å². The van der Waals surface area contributed by atoms with Crippen LogP contribution < -0.4 is 10.6 Å². The van der Waals surface area contributed by atoms with Crippen LogP contribution in [-0.4, -0.2) is 34.1 Å². The molecule has 3 aromatic rings. The monoisotopic (exact) mass is 337 g/mol. The van der Waals surface area contributed by atoms with E-state index in [-0.39, 0.29) is 5.91 Å². The Hall–Kier alpha value is -3.22. The number of carbonyl (C=O) groups excluding carboxylic acids is 1. The minimum absolute atomic E-state index is 0.0483. The molecule has 0 saturated heterocycles. The van der Waals surface area contributed by atoms with Crippen LogP contribution in [0.5, 0.6) is 0 Å². The van der Waals surface area contributed by atoms with Crippen molar-refractivity contribution in [3.63, 3.8) is 0 Å². The fraction of sp³-hybridized carbons (Fsp3) is 0.222. The normalized spacial score (nSPS) is 10.4. The summed E-state index contributed by atoms with van der Waals surface area (Å²) in [5.41, 5.74) is 1.89. The van der Waals surface area contributed by atoms with Gasteiger partial charge in [0.15, 0.2) is 5.82 Å². The van der Waals surface area contributed by atoms with Gasteiger partial charge in [0.25, 0.3) is 5.89 Å². The molecule has 2 aromatic heterocycles. The zero-order chi connectivity index (χ0) is 17.5. The van der Waals surface area contributed by atoms with Gasteiger partial charge >= 0.3 is 0 Å². The van der Waals surface area contributed by atoms with Crippen LogP contribution in [-0.2, 0) is 11.2 Å². The summed E-state index contributed by atoms with van der Waals surface area (Å²) in [5.74, 6) is 1.76. The molecule has 0 saturated carbocycles. The van der Waals surface area contributed by atoms with E-state index < -0.39 is 0 Å². The number of hydrogen-bond donors (Lipinski definition) is 2. The molecular formula is C18H19N5O2. The number of benzene rings is 1. The number of aromatic nitrogens is 3. The van der Waals surface area contributed by atoms with Gasteiger partial charge in [-0.15, -0.1) is 0 Å². The molecule has 0 fully saturated rings. The molecule has 128 valence electrons. The van der Waals surface area contributed by atoms with Gasteiger partial charge in [-0.2, -0.15) is 4.98 Å². The van der Waals surface area contributed by atoms with Crippen molar-refractivity contribution in [2.45, 2.75) is 13.3 Å². The minimum Gasteiger partial charge on any atom is -0.368 e. The lowest BCUT2D eigenvalue weighted by Gasteiger charge is -2.05. The van der Waals surface area contributed by atoms with E-state index in [1.54, 1.807) is 6.20 Å². The molecule has 25 heavy (non-hydrogen) atoms. The molecule has 1 aromatic carbocycles. The first kappa shape index (κ1) is 16.6. The molecule has 0 atom stereocenters. The Morgan fingerprint density at radius 3 is 2.68 bits per heavy atom. The third-order valence-corrected chi connectivity index (χ3v) is 3.49. The van der Waals surface area contributed by atoms with Gasteiger partial charge in [0, 0.05) is 32.6 Å². The highest BCUT2D eigenvalue weighted by atomic mass is 16.5. The van der Waals surface area contributed by atoms with Crippen LogP contribution in [0.25, 0.3) is 11.5 Å². The molecule has 0 aliphatic heterocycles. The van der Waals surface area contributed by atoms with Gasteiger partial charge in [-0.3, -0.25) is 4.79 Å². The molecule has 0 bridgehead atoms. The highest BCUT2D eigenvalue weighted by Gasteiger charge is 2.10. The van der Waals surface area contributed by atoms with Crippen LogP contribution >= 0.6 is 0 Å². The third-order valence-electron chi connectivity index (χ3n) is 3.49. The Morgan fingerprint density at radius 2 is 1.96 bits per heavy atom. The number of pyridine rings is 1. The molecular weight excluding hydrogens is 318 g/mol. The first-order valence-corrected chi connectivity index (χ1v) is 8.02. The lowest BCUT2D eigenvalue weighted by Crippen LogP contribution is -2.26. The molecule has 7 heteroatoms. The fourth-order valence-corrected chi connectivity index (χ4v) is 2.28. The molecule has 0 aliphatic carbocycles. The summed E-state index contributed by atoms with van der Waals surface area (Å²) in [6.07, 6.45) is 2.31. The summed E-state index contributed by atoms with van der Waals surface area (Å²) in [7, 11) is 0. The highest BCUT2D eigenvalue weighted by molar-refractivity contribution is 5.72. The van der Waals surface area contributed by atoms with Crippen LogP contribution in [0.3, 0.4) is 0 Å². The molecule has 2 heterocycles. The smallest absolute Gasteiger partial charge is 0.259 e. The standard InChI is InChI=1S/C18H19N5O2/c1-13(24)19-9-10-20-16-8-7-15(12-21-16)18-22-17(23-25-18)11-14-5-3-2-4-6-14/h2-8,12H,9-11H2,1H3,(H,19,24)(H,20,21). The number of amides is 1. The number of hydrogen-bond acceptors (Lipinski definition) is 6. The van der Waals surface area contributed by atoms with Gasteiger partial charge in [0.2, 0.25) is 5.91 Å². The third kappa shape index (κ3) is 4.87. The lowest BCUT2D eigenvalue weighted by molar-refractivity contribution is -0.118. The SMILES string of the molecule is CC(=O)NCCNc1ccc(-c2nc(Cc3ccccc3)no2)cn1. The van der Waals surface area contributed by atoms with Crippen molar-refractivity contribution in [2.24, 2.45) is 0 Å². The van der Waals surface area contributed by atoms with Gasteiger partial charge in [-0.05, 0) is 17.7 Å². The average Bonchev–Trinajstić information content (AvgIpc) is 3.08. The Labute approximate surface area is 145 Å². The van der Waals surface area contributed by atoms with Gasteiger partial charge < -0.3 is 15.2 Å². The van der Waals surface area contributed by atoms with E-state index in [0.717, 1.165) is 16.9 Å². The van der Waals surface area contributed by atoms with E-state index in [4.69, 9.17) is 4.52 Å². The first-order chi connectivity index (χ1) is 12.2. The summed E-state index contributed by atoms with van der Waals surface area (Å²) in [5, 5.41) is 9.86. The van der Waals surface area contributed by atoms with Gasteiger partial charge in [0.1, 0.15) is 5.82 Å². The quantitative estimate of drug-likeness (QED) is 0.643. The van der Waals surface area contributed by atoms with Crippen molar-refractivity contribution in [3.05, 3.63) is 60.0 Å². The summed E-state index contributed by atoms with van der Waals surface area (Å²) in [4.78, 5) is 19.5. The van der Waals surface area contributed by atoms with E-state index in [1.807, 2.05) is 42.5 Å². The van der Waals surface area contributed by atoms with Crippen molar-refractivity contribution < 1.29 is 9.32 Å². The first-order valence-electron chi connectivity index (χ1n) is 8.02. The van der Waals surface area contributed by atoms with Crippen molar-refractivity contribution in [1.29, 1.82) is 0 Å². The molecule has 0 unspecified atom stereocenters. The van der Waals surface area contributed by atoms with Crippen LogP contribution in [0.4, 0.5) is 5.82 Å². The number of nitrogens with one attached hydrogen (secondary N) is 2. The maximum atomic E-state index is 10.8. The van der Waals surface area contributed by atoms with Crippen molar-refractivity contribution in [1.82, 2.24) is 20.4 Å². The van der Waals surface area contributed by atoms with E-state index >= 15 is 0 Å². The molecule has 0 aliphatic rings. The minimum atomic E-state index is -0.0483. The zero-order valence-electron chi connectivity index (χ0n) is 13.9. The summed E-state index contributed by atoms with van der Waals surface area (Å²) in [6, 6.07) is 13.7. The van der Waals surface area contributed by atoms with Gasteiger partial charge in [-0.1, -0.05) is 35.5 Å². The van der Waals surface area contributed by atoms with Crippen LogP contribution in [0.1, 0.15) is 18.3 Å². The number of rotatable bonds is 7. The molecule has 2 N–H and O–H groups in total. The zero-order valence-corrected chi connectivity index (χ0v) is 13.9. The van der Waals surface area contributed by atoms with Crippen molar-refractivity contribution in [2.75, 3.05) is 18.4 Å². The summed E-state index contributed by atoms with van der Waals surface area (Å²) in [6.45, 7) is 2.64. The molecule has 0 radical (unpaired) electrons. The Morgan fingerprint density at radius 1 is 1.12 bits per heavy atom. The van der Waals surface area contributed by atoms with Crippen molar-refractivity contribution >= 4 is 11.7 Å². The average molecular weight is 337 g/mol. The van der Waals surface area contributed by atoms with E-state index in [2.05, 4.69) is 25.8 Å². The highest BCUT2D eigenvalue weighted by Crippen LogP contribution is 2.18. The van der Waals surface area contributed by atoms with Crippen LogP contribution in [0.15, 0.2) is 53.2 Å². The topological polar surface area (TPSA) is 92.9 Å². The maximum Gasteiger partial charge on any atom is 0.259 e. The Kier molecular flexibility index (Phi) is 5.36. The van der Waals surface area contributed by atoms with Crippen molar-refractivity contribution in [3.8, 4) is 11.5 Å². The second-order valence-corrected chi connectivity index (χ2v) is 5.52. The lowest BCUT2D eigenvalue weighted by atomic mass is 10.1. The molecule has 1 amide bonds. The summed E-state index contributed by atoms with van der Waals surface area (Å²) >= 11 is 0. The molecule has 7 nitrogen and oxygen atoms in total. The van der Waals surface area contributed by atoms with Gasteiger partial charge in [0.05, 0.1) is 5.56 Å². The van der Waals surface area contributed by atoms with E-state index in [9.17, 15) is 4.79 Å². The number of carbonyl (C=O) groups is 1. The summed E-state index contributed by atoms with van der Waals surface area (Å²) < 4.78 is 5.32. The van der Waals surface area contributed by atoms with Crippen LogP contribution in [0, 0.1) is 0 Å². The fourth-order valence-electron chi connectivity index (χ4n) is 2.28. The number of nitrogens with zero attached hydrogens (tertiary/aromatic N) is 3. The maximum absolute atomic E-state index is 10.8. The predicted octanol–water partition coefficient (Wildman–Crippen LogP) is 2.27. The Bertz CT molecular complexity index is 815. The second-order valence-electron chi connectivity index (χ2n) is 5.52. The molecule has 0 spiro atoms. The predicted molar refractivity (Wildman–Crippen MR) is 94.0 cm³/mol. The van der Waals surface area contributed by atoms with E-state index in [0.29, 0.717) is 31.2 Å². The molecule has 3 rings (SSSR count). The Balaban J connectivity index is 1.58. The number of anilines is 1. The van der Waals surface area contributed by atoms with Gasteiger partial charge in [-0.25, -0.2) is 4.98 Å². The second kappa shape index (κ2) is 8.05. The van der Waals surface area contributed by atoms with E-state index in [1.165, 1.54) is 6.92 Å². The largest absolute Gasteiger partial charge is 0.368 e.